The van der Waals surface area contributed by atoms with E-state index in [4.69, 9.17) is 4.42 Å². The molecule has 1 fully saturated rings. The number of nitrogens with zero attached hydrogens (tertiary/aromatic N) is 3. The molecule has 0 saturated carbocycles. The van der Waals surface area contributed by atoms with Crippen molar-refractivity contribution in [1.29, 1.82) is 0 Å². The molecule has 1 N–H and O–H groups in total. The van der Waals surface area contributed by atoms with Gasteiger partial charge in [0.15, 0.2) is 0 Å². The molecule has 2 atom stereocenters. The molecule has 2 aromatic rings. The summed E-state index contributed by atoms with van der Waals surface area (Å²) in [6.07, 6.45) is 1.94. The Bertz CT molecular complexity index is 607. The normalized spacial score (nSPS) is 21.0. The first kappa shape index (κ1) is 15.2. The number of rotatable bonds is 4. The average molecular weight is 301 g/mol. The number of likely N-dealkylation sites (tertiary alicyclic amines) is 1. The molecule has 0 amide bonds. The van der Waals surface area contributed by atoms with Gasteiger partial charge in [0.1, 0.15) is 0 Å². The van der Waals surface area contributed by atoms with Crippen LogP contribution in [0.2, 0.25) is 0 Å². The van der Waals surface area contributed by atoms with E-state index in [0.717, 1.165) is 31.5 Å². The van der Waals surface area contributed by atoms with Crippen LogP contribution in [0.3, 0.4) is 0 Å². The molecular formula is C17H23N3O2. The van der Waals surface area contributed by atoms with Crippen LogP contribution >= 0.6 is 0 Å². The number of piperidine rings is 1. The maximum atomic E-state index is 9.76. The summed E-state index contributed by atoms with van der Waals surface area (Å²) in [5.41, 5.74) is 2.16. The maximum Gasteiger partial charge on any atom is 0.247 e. The minimum Gasteiger partial charge on any atom is -0.419 e. The highest BCUT2D eigenvalue weighted by Crippen LogP contribution is 2.23. The van der Waals surface area contributed by atoms with Gasteiger partial charge in [-0.15, -0.1) is 10.2 Å². The van der Waals surface area contributed by atoms with Crippen LogP contribution in [0.25, 0.3) is 11.5 Å². The molecule has 0 aliphatic carbocycles. The standard InChI is InChI=1S/C17H23N3O2/c1-12-5-7-14(8-6-12)17-19-18-16(22-17)11-20-9-3-4-15(10-20)13(2)21/h5-8,13,15,21H,3-4,9-11H2,1-2H3. The van der Waals surface area contributed by atoms with Crippen molar-refractivity contribution in [2.45, 2.75) is 39.3 Å². The zero-order valence-electron chi connectivity index (χ0n) is 13.2. The molecule has 3 rings (SSSR count). The SMILES string of the molecule is Cc1ccc(-c2nnc(CN3CCCC(C(C)O)C3)o2)cc1. The van der Waals surface area contributed by atoms with E-state index in [-0.39, 0.29) is 6.10 Å². The molecule has 5 nitrogen and oxygen atoms in total. The molecule has 1 aromatic carbocycles. The van der Waals surface area contributed by atoms with Crippen LogP contribution in [0.5, 0.6) is 0 Å². The minimum atomic E-state index is -0.256. The van der Waals surface area contributed by atoms with Crippen molar-refractivity contribution < 1.29 is 9.52 Å². The van der Waals surface area contributed by atoms with E-state index >= 15 is 0 Å². The zero-order valence-corrected chi connectivity index (χ0v) is 13.2. The highest BCUT2D eigenvalue weighted by molar-refractivity contribution is 5.52. The van der Waals surface area contributed by atoms with Gasteiger partial charge in [-0.05, 0) is 51.3 Å². The van der Waals surface area contributed by atoms with Gasteiger partial charge in [-0.1, -0.05) is 17.7 Å². The fourth-order valence-electron chi connectivity index (χ4n) is 2.95. The first-order chi connectivity index (χ1) is 10.6. The van der Waals surface area contributed by atoms with E-state index < -0.39 is 0 Å². The van der Waals surface area contributed by atoms with E-state index in [1.807, 2.05) is 31.2 Å². The minimum absolute atomic E-state index is 0.256. The Morgan fingerprint density at radius 3 is 2.82 bits per heavy atom. The van der Waals surface area contributed by atoms with Gasteiger partial charge >= 0.3 is 0 Å². The van der Waals surface area contributed by atoms with Gasteiger partial charge < -0.3 is 9.52 Å². The third-order valence-corrected chi connectivity index (χ3v) is 4.35. The Hall–Kier alpha value is -1.72. The summed E-state index contributed by atoms with van der Waals surface area (Å²) < 4.78 is 5.78. The summed E-state index contributed by atoms with van der Waals surface area (Å²) in [5.74, 6) is 1.55. The molecule has 1 saturated heterocycles. The van der Waals surface area contributed by atoms with Gasteiger partial charge in [-0.25, -0.2) is 0 Å². The molecule has 1 aromatic heterocycles. The lowest BCUT2D eigenvalue weighted by Gasteiger charge is -2.33. The lowest BCUT2D eigenvalue weighted by atomic mass is 9.93. The number of aromatic nitrogens is 2. The second-order valence-corrected chi connectivity index (χ2v) is 6.25. The van der Waals surface area contributed by atoms with Gasteiger partial charge in [-0.3, -0.25) is 4.90 Å². The fraction of sp³-hybridized carbons (Fsp3) is 0.529. The Balaban J connectivity index is 1.65. The van der Waals surface area contributed by atoms with E-state index in [2.05, 4.69) is 22.0 Å². The molecule has 2 heterocycles. The van der Waals surface area contributed by atoms with Crippen LogP contribution in [0.1, 0.15) is 31.2 Å². The van der Waals surface area contributed by atoms with E-state index in [0.29, 0.717) is 24.2 Å². The zero-order chi connectivity index (χ0) is 15.5. The summed E-state index contributed by atoms with van der Waals surface area (Å²) in [4.78, 5) is 2.29. The van der Waals surface area contributed by atoms with Crippen LogP contribution in [0, 0.1) is 12.8 Å². The van der Waals surface area contributed by atoms with Crippen LogP contribution in [-0.4, -0.2) is 39.4 Å². The molecule has 1 aliphatic heterocycles. The van der Waals surface area contributed by atoms with Crippen molar-refractivity contribution in [3.8, 4) is 11.5 Å². The van der Waals surface area contributed by atoms with Crippen molar-refractivity contribution in [1.82, 2.24) is 15.1 Å². The topological polar surface area (TPSA) is 62.4 Å². The third-order valence-electron chi connectivity index (χ3n) is 4.35. The molecule has 118 valence electrons. The number of hydrogen-bond acceptors (Lipinski definition) is 5. The van der Waals surface area contributed by atoms with Gasteiger partial charge in [-0.2, -0.15) is 0 Å². The predicted octanol–water partition coefficient (Wildman–Crippen LogP) is 2.64. The van der Waals surface area contributed by atoms with E-state index in [9.17, 15) is 5.11 Å². The first-order valence-corrected chi connectivity index (χ1v) is 7.91. The van der Waals surface area contributed by atoms with Crippen LogP contribution in [0.15, 0.2) is 28.7 Å². The quantitative estimate of drug-likeness (QED) is 0.940. The first-order valence-electron chi connectivity index (χ1n) is 7.91. The lowest BCUT2D eigenvalue weighted by Crippen LogP contribution is -2.39. The summed E-state index contributed by atoms with van der Waals surface area (Å²) in [7, 11) is 0. The third kappa shape index (κ3) is 3.54. The fourth-order valence-corrected chi connectivity index (χ4v) is 2.95. The number of aliphatic hydroxyl groups is 1. The smallest absolute Gasteiger partial charge is 0.247 e. The monoisotopic (exact) mass is 301 g/mol. The van der Waals surface area contributed by atoms with Crippen molar-refractivity contribution in [3.63, 3.8) is 0 Å². The van der Waals surface area contributed by atoms with Gasteiger partial charge in [0.05, 0.1) is 12.6 Å². The van der Waals surface area contributed by atoms with Crippen molar-refractivity contribution >= 4 is 0 Å². The molecule has 5 heteroatoms. The van der Waals surface area contributed by atoms with Crippen molar-refractivity contribution in [2.24, 2.45) is 5.92 Å². The number of hydrogen-bond donors (Lipinski definition) is 1. The van der Waals surface area contributed by atoms with Gasteiger partial charge in [0.2, 0.25) is 11.8 Å². The number of aliphatic hydroxyl groups excluding tert-OH is 1. The number of benzene rings is 1. The molecular weight excluding hydrogens is 278 g/mol. The Kier molecular flexibility index (Phi) is 4.55. The summed E-state index contributed by atoms with van der Waals surface area (Å²) >= 11 is 0. The summed E-state index contributed by atoms with van der Waals surface area (Å²) in [6, 6.07) is 8.07. The van der Waals surface area contributed by atoms with Gasteiger partial charge in [0.25, 0.3) is 0 Å². The highest BCUT2D eigenvalue weighted by Gasteiger charge is 2.24. The Morgan fingerprint density at radius 2 is 2.09 bits per heavy atom. The second-order valence-electron chi connectivity index (χ2n) is 6.25. The second kappa shape index (κ2) is 6.58. The lowest BCUT2D eigenvalue weighted by molar-refractivity contribution is 0.0566. The van der Waals surface area contributed by atoms with E-state index in [1.165, 1.54) is 5.56 Å². The van der Waals surface area contributed by atoms with Crippen LogP contribution < -0.4 is 0 Å². The molecule has 0 bridgehead atoms. The van der Waals surface area contributed by atoms with Crippen molar-refractivity contribution in [2.75, 3.05) is 13.1 Å². The molecule has 0 radical (unpaired) electrons. The summed E-state index contributed by atoms with van der Waals surface area (Å²) in [5, 5.41) is 18.1. The van der Waals surface area contributed by atoms with Crippen LogP contribution in [-0.2, 0) is 6.54 Å². The van der Waals surface area contributed by atoms with E-state index in [1.54, 1.807) is 0 Å². The average Bonchev–Trinajstić information content (AvgIpc) is 2.96. The Labute approximate surface area is 131 Å². The largest absolute Gasteiger partial charge is 0.419 e. The maximum absolute atomic E-state index is 9.76. The van der Waals surface area contributed by atoms with Crippen LogP contribution in [0.4, 0.5) is 0 Å². The van der Waals surface area contributed by atoms with Gasteiger partial charge in [0, 0.05) is 12.1 Å². The molecule has 0 spiro atoms. The molecule has 22 heavy (non-hydrogen) atoms. The highest BCUT2D eigenvalue weighted by atomic mass is 16.4. The van der Waals surface area contributed by atoms with Crippen molar-refractivity contribution in [3.05, 3.63) is 35.7 Å². The predicted molar refractivity (Wildman–Crippen MR) is 84.2 cm³/mol. The molecule has 1 aliphatic rings. The molecule has 2 unspecified atom stereocenters. The number of aryl methyl sites for hydroxylation is 1. The Morgan fingerprint density at radius 1 is 1.32 bits per heavy atom. The summed E-state index contributed by atoms with van der Waals surface area (Å²) in [6.45, 7) is 6.49.